The molecule has 0 aliphatic carbocycles. The molecule has 0 bridgehead atoms. The van der Waals surface area contributed by atoms with Crippen molar-refractivity contribution in [2.45, 2.75) is 66.2 Å². The molecule has 0 amide bonds. The van der Waals surface area contributed by atoms with Crippen LogP contribution in [0.2, 0.25) is 0 Å². The van der Waals surface area contributed by atoms with Gasteiger partial charge in [0.05, 0.1) is 32.9 Å². The van der Waals surface area contributed by atoms with Gasteiger partial charge in [-0.1, -0.05) is 20.8 Å². The molecule has 0 aliphatic rings. The van der Waals surface area contributed by atoms with Gasteiger partial charge in [0.25, 0.3) is 0 Å². The van der Waals surface area contributed by atoms with E-state index >= 15 is 0 Å². The third-order valence-electron chi connectivity index (χ3n) is 3.73. The molecule has 0 aromatic heterocycles. The van der Waals surface area contributed by atoms with Crippen molar-refractivity contribution in [3.63, 3.8) is 0 Å². The Morgan fingerprint density at radius 3 is 1.93 bits per heavy atom. The van der Waals surface area contributed by atoms with E-state index in [0.717, 1.165) is 6.26 Å². The molecule has 9 nitrogen and oxygen atoms in total. The summed E-state index contributed by atoms with van der Waals surface area (Å²) in [5, 5.41) is 0. The van der Waals surface area contributed by atoms with Crippen LogP contribution in [0.3, 0.4) is 0 Å². The van der Waals surface area contributed by atoms with Gasteiger partial charge in [-0.3, -0.25) is 0 Å². The minimum atomic E-state index is -5.13. The Morgan fingerprint density at radius 1 is 1.11 bits per heavy atom. The molecule has 0 spiro atoms. The third-order valence-corrected chi connectivity index (χ3v) is 5.65. The first kappa shape index (κ1) is 30.4. The van der Waals surface area contributed by atoms with E-state index in [1.165, 1.54) is 4.31 Å². The standard InChI is InChI=1S/C15H34NO8PS.Ca/c1-12(14(2,3)4)24-13(10-22-11-23-25(17,18)19)9-16(15(5,6)7)26(8,20)21;/h12-13H,9-11H2,1-8H3,(H2,17,18,19);/q;+2/p-2/t12-,13-;/m0./s1. The van der Waals surface area contributed by atoms with E-state index in [4.69, 9.17) is 9.47 Å². The van der Waals surface area contributed by atoms with E-state index < -0.39 is 36.3 Å². The molecule has 27 heavy (non-hydrogen) atoms. The van der Waals surface area contributed by atoms with E-state index in [-0.39, 0.29) is 62.4 Å². The first-order valence-electron chi connectivity index (χ1n) is 8.21. The van der Waals surface area contributed by atoms with Crippen molar-refractivity contribution in [1.82, 2.24) is 4.31 Å². The first-order chi connectivity index (χ1) is 11.3. The molecular weight excluding hydrogens is 425 g/mol. The second kappa shape index (κ2) is 11.6. The van der Waals surface area contributed by atoms with Gasteiger partial charge in [-0.15, -0.1) is 0 Å². The largest absolute Gasteiger partial charge is 2.00 e. The zero-order valence-electron chi connectivity index (χ0n) is 17.6. The summed E-state index contributed by atoms with van der Waals surface area (Å²) in [7, 11) is -8.65. The predicted octanol–water partition coefficient (Wildman–Crippen LogP) is 0.305. The number of sulfonamides is 1. The first-order valence-corrected chi connectivity index (χ1v) is 11.5. The zero-order chi connectivity index (χ0) is 21.0. The van der Waals surface area contributed by atoms with E-state index in [1.807, 2.05) is 27.7 Å². The van der Waals surface area contributed by atoms with Crippen LogP contribution >= 0.6 is 7.82 Å². The third kappa shape index (κ3) is 13.9. The van der Waals surface area contributed by atoms with Crippen LogP contribution in [0, 0.1) is 5.41 Å². The van der Waals surface area contributed by atoms with Crippen molar-refractivity contribution in [3.8, 4) is 0 Å². The van der Waals surface area contributed by atoms with E-state index in [1.54, 1.807) is 20.8 Å². The van der Waals surface area contributed by atoms with Crippen molar-refractivity contribution in [3.05, 3.63) is 0 Å². The Morgan fingerprint density at radius 2 is 1.59 bits per heavy atom. The molecule has 0 fully saturated rings. The van der Waals surface area contributed by atoms with E-state index in [2.05, 4.69) is 4.52 Å². The van der Waals surface area contributed by atoms with Crippen molar-refractivity contribution in [2.24, 2.45) is 5.41 Å². The molecule has 0 radical (unpaired) electrons. The molecule has 2 atom stereocenters. The van der Waals surface area contributed by atoms with Crippen molar-refractivity contribution < 1.29 is 36.8 Å². The predicted molar refractivity (Wildman–Crippen MR) is 100 cm³/mol. The Kier molecular flexibility index (Phi) is 13.0. The summed E-state index contributed by atoms with van der Waals surface area (Å²) in [5.74, 6) is 0. The number of hydrogen-bond acceptors (Lipinski definition) is 8. The molecule has 0 aromatic rings. The van der Waals surface area contributed by atoms with E-state index in [9.17, 15) is 22.8 Å². The average molecular weight is 458 g/mol. The van der Waals surface area contributed by atoms with Gasteiger partial charge in [-0.2, -0.15) is 4.31 Å². The molecule has 0 N–H and O–H groups in total. The second-order valence-corrected chi connectivity index (χ2v) is 11.4. The van der Waals surface area contributed by atoms with Crippen LogP contribution in [0.15, 0.2) is 0 Å². The second-order valence-electron chi connectivity index (χ2n) is 8.30. The van der Waals surface area contributed by atoms with Crippen LogP contribution in [0.25, 0.3) is 0 Å². The van der Waals surface area contributed by atoms with Crippen molar-refractivity contribution >= 4 is 55.6 Å². The van der Waals surface area contributed by atoms with Gasteiger partial charge in [0.1, 0.15) is 0 Å². The molecule has 0 saturated carbocycles. The molecular formula is C15H32CaNO8PS. The monoisotopic (exact) mass is 457 g/mol. The van der Waals surface area contributed by atoms with Gasteiger partial charge in [0.15, 0.2) is 6.79 Å². The maximum Gasteiger partial charge on any atom is 2.00 e. The SMILES string of the molecule is C[C@H](O[C@H](COCOP(=O)([O-])[O-])CN(C(C)(C)C)S(C)(=O)=O)C(C)(C)C.[Ca+2]. The van der Waals surface area contributed by atoms with Gasteiger partial charge >= 0.3 is 37.7 Å². The quantitative estimate of drug-likeness (QED) is 0.198. The molecule has 0 rings (SSSR count). The summed E-state index contributed by atoms with van der Waals surface area (Å²) in [5.41, 5.74) is -0.886. The van der Waals surface area contributed by atoms with Gasteiger partial charge in [0, 0.05) is 12.1 Å². The molecule has 0 heterocycles. The number of phosphoric acid groups is 1. The molecule has 158 valence electrons. The molecule has 12 heteroatoms. The van der Waals surface area contributed by atoms with E-state index in [0.29, 0.717) is 0 Å². The fraction of sp³-hybridized carbons (Fsp3) is 1.00. The normalized spacial score (nSPS) is 16.1. The van der Waals surface area contributed by atoms with Crippen LogP contribution in [0.4, 0.5) is 0 Å². The summed E-state index contributed by atoms with van der Waals surface area (Å²) in [4.78, 5) is 21.0. The maximum atomic E-state index is 12.1. The average Bonchev–Trinajstić information content (AvgIpc) is 2.35. The number of phosphoric ester groups is 1. The Balaban J connectivity index is 0. The van der Waals surface area contributed by atoms with Crippen LogP contribution in [-0.2, 0) is 28.6 Å². The summed E-state index contributed by atoms with van der Waals surface area (Å²) in [6, 6.07) is 0. The summed E-state index contributed by atoms with van der Waals surface area (Å²) in [6.45, 7) is 12.2. The molecule has 0 unspecified atom stereocenters. The van der Waals surface area contributed by atoms with Gasteiger partial charge < -0.3 is 28.3 Å². The Bertz CT molecular complexity index is 582. The number of ether oxygens (including phenoxy) is 2. The minimum absolute atomic E-state index is 0. The van der Waals surface area contributed by atoms with Crippen molar-refractivity contribution in [2.75, 3.05) is 26.2 Å². The fourth-order valence-corrected chi connectivity index (χ4v) is 3.64. The number of nitrogens with zero attached hydrogens (tertiary/aromatic N) is 1. The molecule has 0 saturated heterocycles. The van der Waals surface area contributed by atoms with Crippen LogP contribution in [-0.4, -0.2) is 94.4 Å². The van der Waals surface area contributed by atoms with Crippen LogP contribution in [0.5, 0.6) is 0 Å². The smallest absolute Gasteiger partial charge is 0.790 e. The Hall–Kier alpha value is 1.20. The molecule has 0 aromatic carbocycles. The maximum absolute atomic E-state index is 12.1. The minimum Gasteiger partial charge on any atom is -0.790 e. The Labute approximate surface area is 193 Å². The number of hydrogen-bond donors (Lipinski definition) is 0. The van der Waals surface area contributed by atoms with Crippen LogP contribution in [0.1, 0.15) is 48.5 Å². The van der Waals surface area contributed by atoms with Crippen LogP contribution < -0.4 is 9.79 Å². The summed E-state index contributed by atoms with van der Waals surface area (Å²) >= 11 is 0. The van der Waals surface area contributed by atoms with Gasteiger partial charge in [0.2, 0.25) is 10.0 Å². The van der Waals surface area contributed by atoms with Crippen molar-refractivity contribution in [1.29, 1.82) is 0 Å². The van der Waals surface area contributed by atoms with Gasteiger partial charge in [-0.25, -0.2) is 8.42 Å². The fourth-order valence-electron chi connectivity index (χ4n) is 2.00. The summed E-state index contributed by atoms with van der Waals surface area (Å²) < 4.78 is 51.1. The number of rotatable bonds is 10. The topological polar surface area (TPSA) is 128 Å². The summed E-state index contributed by atoms with van der Waals surface area (Å²) in [6.07, 6.45) is 0.195. The van der Waals surface area contributed by atoms with Gasteiger partial charge in [-0.05, 0) is 33.1 Å². The zero-order valence-corrected chi connectivity index (χ0v) is 21.5. The molecule has 0 aliphatic heterocycles.